The van der Waals surface area contributed by atoms with Crippen LogP contribution in [0.1, 0.15) is 180 Å². The number of ether oxygens (including phenoxy) is 1. The van der Waals surface area contributed by atoms with Crippen LogP contribution < -0.4 is 9.30 Å². The van der Waals surface area contributed by atoms with Gasteiger partial charge >= 0.3 is 0 Å². The third-order valence-electron chi connectivity index (χ3n) is 20.7. The minimum atomic E-state index is -0.411. The summed E-state index contributed by atoms with van der Waals surface area (Å²) in [7, 11) is 0. The molecule has 5 heteroatoms. The van der Waals surface area contributed by atoms with E-state index in [0.717, 1.165) is 63.6 Å². The van der Waals surface area contributed by atoms with E-state index >= 15 is 0 Å². The lowest BCUT2D eigenvalue weighted by Crippen LogP contribution is -2.37. The Morgan fingerprint density at radius 3 is 1.64 bits per heavy atom. The van der Waals surface area contributed by atoms with Gasteiger partial charge in [-0.15, -0.1) is 0 Å². The molecule has 0 fully saturated rings. The van der Waals surface area contributed by atoms with Gasteiger partial charge < -0.3 is 4.74 Å². The van der Waals surface area contributed by atoms with Crippen LogP contribution in [0.3, 0.4) is 0 Å². The molecule has 0 saturated carbocycles. The number of imidazole rings is 1. The first kappa shape index (κ1) is 54.9. The first-order chi connectivity index (χ1) is 40.3. The molecule has 14 rings (SSSR count). The van der Waals surface area contributed by atoms with Crippen LogP contribution in [0.2, 0.25) is 0 Å². The zero-order valence-corrected chi connectivity index (χ0v) is 52.8. The lowest BCUT2D eigenvalue weighted by molar-refractivity contribution is -0.571. The first-order valence-electron chi connectivity index (χ1n) is 31.1. The van der Waals surface area contributed by atoms with Crippen LogP contribution in [0, 0.1) is 6.33 Å². The van der Waals surface area contributed by atoms with Gasteiger partial charge in [-0.2, -0.15) is 0 Å². The predicted molar refractivity (Wildman–Crippen MR) is 353 cm³/mol. The van der Waals surface area contributed by atoms with E-state index < -0.39 is 5.41 Å². The standard InChI is InChI=1S/C80H82N4O/c1-74(2,3)52-38-43-81-69(46-52)84-64-31-19-16-26-57(64)70-67(84)48-68(71-72(70)80(14,15)61-30-18-17-29-60(61)79(71,12)13)85-54-25-22-24-53(47-54)82-49-83(66-33-21-20-32-65(66)82)73-55(50-34-36-58-62(44-50)77(8,9)41-39-75(58,4)5)27-23-28-56(73)51-35-37-59-63(45-51)78(10,11)42-40-76(59,6)7/h16-38,43-48H,39-42H2,1-15H3. The molecule has 0 aliphatic heterocycles. The summed E-state index contributed by atoms with van der Waals surface area (Å²) in [5, 5.41) is 2.45. The number of nitrogens with zero attached hydrogens (tertiary/aromatic N) is 4. The van der Waals surface area contributed by atoms with E-state index in [-0.39, 0.29) is 32.5 Å². The Morgan fingerprint density at radius 2 is 1.02 bits per heavy atom. The average Bonchev–Trinajstić information content (AvgIpc) is 1.75. The second-order valence-corrected chi connectivity index (χ2v) is 29.9. The number of hydrogen-bond acceptors (Lipinski definition) is 2. The van der Waals surface area contributed by atoms with Crippen LogP contribution >= 0.6 is 0 Å². The lowest BCUT2D eigenvalue weighted by Gasteiger charge is -2.45. The second kappa shape index (κ2) is 18.7. The molecule has 0 spiro atoms. The Labute approximate surface area is 504 Å². The first-order valence-corrected chi connectivity index (χ1v) is 31.1. The van der Waals surface area contributed by atoms with E-state index in [4.69, 9.17) is 9.72 Å². The Balaban J connectivity index is 0.977. The molecule has 85 heavy (non-hydrogen) atoms. The van der Waals surface area contributed by atoms with Crippen molar-refractivity contribution in [1.82, 2.24) is 14.1 Å². The highest BCUT2D eigenvalue weighted by atomic mass is 16.5. The normalized spacial score (nSPS) is 17.7. The highest BCUT2D eigenvalue weighted by Crippen LogP contribution is 2.58. The molecule has 0 bridgehead atoms. The van der Waals surface area contributed by atoms with Crippen molar-refractivity contribution in [2.75, 3.05) is 0 Å². The molecule has 0 atom stereocenters. The van der Waals surface area contributed by atoms with Crippen LogP contribution in [0.4, 0.5) is 0 Å². The second-order valence-electron chi connectivity index (χ2n) is 29.9. The Bertz CT molecular complexity index is 4460. The van der Waals surface area contributed by atoms with Crippen LogP contribution in [0.25, 0.3) is 72.3 Å². The van der Waals surface area contributed by atoms with Crippen LogP contribution in [-0.2, 0) is 37.9 Å². The van der Waals surface area contributed by atoms with Gasteiger partial charge in [0.05, 0.1) is 33.4 Å². The van der Waals surface area contributed by atoms with Gasteiger partial charge in [0.15, 0.2) is 0 Å². The molecule has 0 unspecified atom stereocenters. The highest BCUT2D eigenvalue weighted by molar-refractivity contribution is 6.13. The third-order valence-corrected chi connectivity index (χ3v) is 20.7. The fraction of sp³-hybridized carbons (Fsp3) is 0.325. The summed E-state index contributed by atoms with van der Waals surface area (Å²) in [6.45, 7) is 35.8. The summed E-state index contributed by atoms with van der Waals surface area (Å²) in [4.78, 5) is 5.13. The largest absolute Gasteiger partial charge is 0.457 e. The molecule has 0 amide bonds. The van der Waals surface area contributed by atoms with Crippen molar-refractivity contribution in [3.63, 3.8) is 0 Å². The summed E-state index contributed by atoms with van der Waals surface area (Å²) in [5.74, 6) is 2.48. The van der Waals surface area contributed by atoms with Crippen molar-refractivity contribution in [2.45, 2.75) is 167 Å². The van der Waals surface area contributed by atoms with Gasteiger partial charge in [-0.3, -0.25) is 13.7 Å². The molecule has 11 aromatic rings. The number of aromatic nitrogens is 4. The van der Waals surface area contributed by atoms with E-state index in [2.05, 4.69) is 294 Å². The minimum Gasteiger partial charge on any atom is -0.457 e. The summed E-state index contributed by atoms with van der Waals surface area (Å²) < 4.78 is 14.6. The SMILES string of the molecule is CC(C)(C)c1ccnc(-n2c3ccccc3c3c4c(c(Oc5cccc(-n6[c-][n+](-c7c(-c8ccc9c(c8)C(C)(C)CCC9(C)C)cccc7-c7ccc8c(c7)C(C)(C)CCC8(C)C)c7ccccc76)c5)cc32)C(C)(C)c2ccccc2C4(C)C)c1. The van der Waals surface area contributed by atoms with Gasteiger partial charge in [-0.25, -0.2) is 4.98 Å². The molecule has 8 aromatic carbocycles. The smallest absolute Gasteiger partial charge is 0.269 e. The maximum atomic E-state index is 7.60. The van der Waals surface area contributed by atoms with E-state index in [1.54, 1.807) is 0 Å². The van der Waals surface area contributed by atoms with Gasteiger partial charge in [0.1, 0.15) is 17.3 Å². The number of pyridine rings is 1. The van der Waals surface area contributed by atoms with Gasteiger partial charge in [-0.1, -0.05) is 231 Å². The van der Waals surface area contributed by atoms with Crippen LogP contribution in [0.5, 0.6) is 11.5 Å². The molecular formula is C80H82N4O. The van der Waals surface area contributed by atoms with Crippen LogP contribution in [-0.4, -0.2) is 14.1 Å². The Hall–Kier alpha value is -8.02. The molecule has 3 aliphatic carbocycles. The summed E-state index contributed by atoms with van der Waals surface area (Å²) >= 11 is 0. The van der Waals surface area contributed by atoms with Crippen molar-refractivity contribution < 1.29 is 9.30 Å². The van der Waals surface area contributed by atoms with Crippen molar-refractivity contribution >= 4 is 32.8 Å². The molecule has 5 nitrogen and oxygen atoms in total. The fourth-order valence-corrected chi connectivity index (χ4v) is 15.5. The van der Waals surface area contributed by atoms with Crippen molar-refractivity contribution in [3.05, 3.63) is 232 Å². The molecule has 3 heterocycles. The van der Waals surface area contributed by atoms with E-state index in [9.17, 15) is 0 Å². The van der Waals surface area contributed by atoms with Crippen molar-refractivity contribution in [1.29, 1.82) is 0 Å². The minimum absolute atomic E-state index is 0.0487. The summed E-state index contributed by atoms with van der Waals surface area (Å²) in [6, 6.07) is 63.8. The molecule has 3 aromatic heterocycles. The highest BCUT2D eigenvalue weighted by Gasteiger charge is 2.46. The number of hydrogen-bond donors (Lipinski definition) is 0. The van der Waals surface area contributed by atoms with Gasteiger partial charge in [0.25, 0.3) is 6.33 Å². The third kappa shape index (κ3) is 8.52. The van der Waals surface area contributed by atoms with E-state index in [1.165, 1.54) is 95.9 Å². The molecular weight excluding hydrogens is 1030 g/mol. The van der Waals surface area contributed by atoms with E-state index in [0.29, 0.717) is 0 Å². The zero-order chi connectivity index (χ0) is 59.5. The molecule has 3 aliphatic rings. The van der Waals surface area contributed by atoms with Gasteiger partial charge in [-0.05, 0) is 156 Å². The number of para-hydroxylation sites is 4. The quantitative estimate of drug-likeness (QED) is 0.118. The summed E-state index contributed by atoms with van der Waals surface area (Å²) in [6.07, 6.45) is 10.7. The van der Waals surface area contributed by atoms with Gasteiger partial charge in [0, 0.05) is 39.4 Å². The number of rotatable bonds is 7. The predicted octanol–water partition coefficient (Wildman–Crippen LogP) is 20.3. The topological polar surface area (TPSA) is 35.9 Å². The average molecular weight is 1120 g/mol. The van der Waals surface area contributed by atoms with Crippen LogP contribution in [0.15, 0.2) is 176 Å². The van der Waals surface area contributed by atoms with Crippen molar-refractivity contribution in [3.8, 4) is 50.9 Å². The Kier molecular flexibility index (Phi) is 12.1. The molecule has 428 valence electrons. The fourth-order valence-electron chi connectivity index (χ4n) is 15.5. The molecule has 0 saturated heterocycles. The molecule has 0 radical (unpaired) electrons. The maximum Gasteiger partial charge on any atom is 0.269 e. The zero-order valence-electron chi connectivity index (χ0n) is 52.8. The monoisotopic (exact) mass is 1110 g/mol. The maximum absolute atomic E-state index is 7.60. The number of benzene rings is 8. The molecule has 0 N–H and O–H groups in total. The summed E-state index contributed by atoms with van der Waals surface area (Å²) in [5.41, 5.74) is 22.9. The van der Waals surface area contributed by atoms with E-state index in [1.807, 2.05) is 6.20 Å². The van der Waals surface area contributed by atoms with Crippen molar-refractivity contribution in [2.24, 2.45) is 0 Å². The lowest BCUT2D eigenvalue weighted by atomic mass is 9.59. The van der Waals surface area contributed by atoms with Gasteiger partial charge in [0.2, 0.25) is 0 Å². The number of fused-ring (bicyclic) bond motifs is 9. The Morgan fingerprint density at radius 1 is 0.482 bits per heavy atom.